The summed E-state index contributed by atoms with van der Waals surface area (Å²) in [4.78, 5) is 11.9. The zero-order valence-electron chi connectivity index (χ0n) is 12.8. The molecule has 0 radical (unpaired) electrons. The number of benzene rings is 3. The van der Waals surface area contributed by atoms with Crippen LogP contribution >= 0.6 is 0 Å². The summed E-state index contributed by atoms with van der Waals surface area (Å²) in [5.74, 6) is -0.633. The molecule has 3 aromatic rings. The maximum absolute atomic E-state index is 12.2. The van der Waals surface area contributed by atoms with Crippen molar-refractivity contribution in [1.82, 2.24) is 0 Å². The Labute approximate surface area is 143 Å². The Morgan fingerprint density at radius 3 is 2.48 bits per heavy atom. The zero-order valence-corrected chi connectivity index (χ0v) is 13.6. The van der Waals surface area contributed by atoms with Gasteiger partial charge in [-0.2, -0.15) is 8.42 Å². The molecular formula is C17H14N2O5S. The summed E-state index contributed by atoms with van der Waals surface area (Å²) in [6.07, 6.45) is 0. The molecule has 8 heteroatoms. The number of nitrogen functional groups attached to an aromatic ring is 1. The number of phenols is 1. The van der Waals surface area contributed by atoms with Gasteiger partial charge in [-0.1, -0.05) is 12.1 Å². The van der Waals surface area contributed by atoms with E-state index >= 15 is 0 Å². The van der Waals surface area contributed by atoms with Crippen LogP contribution in [0, 0.1) is 0 Å². The second-order valence-corrected chi connectivity index (χ2v) is 6.85. The first-order valence-electron chi connectivity index (χ1n) is 7.15. The lowest BCUT2D eigenvalue weighted by Crippen LogP contribution is -2.12. The van der Waals surface area contributed by atoms with E-state index in [1.165, 1.54) is 24.3 Å². The summed E-state index contributed by atoms with van der Waals surface area (Å²) in [6, 6.07) is 13.1. The summed E-state index contributed by atoms with van der Waals surface area (Å²) >= 11 is 0. The van der Waals surface area contributed by atoms with Crippen LogP contribution < -0.4 is 11.1 Å². The van der Waals surface area contributed by atoms with E-state index in [0.717, 1.165) is 6.07 Å². The van der Waals surface area contributed by atoms with Crippen LogP contribution in [-0.2, 0) is 10.1 Å². The number of phenolic OH excluding ortho intramolecular Hbond substituents is 1. The van der Waals surface area contributed by atoms with Crippen molar-refractivity contribution in [3.05, 3.63) is 60.2 Å². The van der Waals surface area contributed by atoms with Crippen LogP contribution in [0.1, 0.15) is 10.4 Å². The highest BCUT2D eigenvalue weighted by Gasteiger charge is 2.13. The number of fused-ring (bicyclic) bond motifs is 1. The minimum absolute atomic E-state index is 0.231. The first-order chi connectivity index (χ1) is 11.7. The number of hydrogen-bond donors (Lipinski definition) is 4. The van der Waals surface area contributed by atoms with Crippen molar-refractivity contribution in [3.8, 4) is 5.75 Å². The predicted octanol–water partition coefficient (Wildman–Crippen LogP) is 2.63. The lowest BCUT2D eigenvalue weighted by atomic mass is 10.1. The number of anilines is 2. The van der Waals surface area contributed by atoms with Crippen LogP contribution in [0.15, 0.2) is 59.5 Å². The van der Waals surface area contributed by atoms with E-state index in [-0.39, 0.29) is 16.0 Å². The highest BCUT2D eigenvalue weighted by atomic mass is 32.2. The Balaban J connectivity index is 1.97. The molecule has 0 fully saturated rings. The fourth-order valence-electron chi connectivity index (χ4n) is 2.43. The number of hydrogen-bond acceptors (Lipinski definition) is 5. The molecule has 0 aromatic heterocycles. The van der Waals surface area contributed by atoms with Gasteiger partial charge in [-0.05, 0) is 41.8 Å². The molecule has 0 aliphatic heterocycles. The molecule has 0 saturated heterocycles. The van der Waals surface area contributed by atoms with Gasteiger partial charge in [0, 0.05) is 28.4 Å². The number of rotatable bonds is 3. The van der Waals surface area contributed by atoms with Crippen LogP contribution in [0.25, 0.3) is 10.8 Å². The number of nitrogens with two attached hydrogens (primary N) is 1. The first-order valence-corrected chi connectivity index (χ1v) is 8.59. The molecule has 5 N–H and O–H groups in total. The Hall–Kier alpha value is -3.10. The van der Waals surface area contributed by atoms with Crippen LogP contribution in [0.4, 0.5) is 11.4 Å². The van der Waals surface area contributed by atoms with Crippen LogP contribution in [-0.4, -0.2) is 24.0 Å². The molecule has 1 amide bonds. The predicted molar refractivity (Wildman–Crippen MR) is 94.2 cm³/mol. The third-order valence-electron chi connectivity index (χ3n) is 3.61. The van der Waals surface area contributed by atoms with Gasteiger partial charge < -0.3 is 16.2 Å². The third-order valence-corrected chi connectivity index (χ3v) is 4.46. The van der Waals surface area contributed by atoms with Gasteiger partial charge in [0.2, 0.25) is 0 Å². The Bertz CT molecular complexity index is 1090. The van der Waals surface area contributed by atoms with E-state index in [1.807, 2.05) is 0 Å². The molecule has 25 heavy (non-hydrogen) atoms. The van der Waals surface area contributed by atoms with Crippen LogP contribution in [0.3, 0.4) is 0 Å². The summed E-state index contributed by atoms with van der Waals surface area (Å²) < 4.78 is 31.5. The molecule has 128 valence electrons. The molecule has 0 spiro atoms. The fourth-order valence-corrected chi connectivity index (χ4v) is 2.94. The summed E-state index contributed by atoms with van der Waals surface area (Å²) in [7, 11) is -4.37. The minimum atomic E-state index is -4.37. The molecule has 0 bridgehead atoms. The molecule has 0 unspecified atom stereocenters. The van der Waals surface area contributed by atoms with E-state index < -0.39 is 16.0 Å². The van der Waals surface area contributed by atoms with Gasteiger partial charge >= 0.3 is 0 Å². The average Bonchev–Trinajstić information content (AvgIpc) is 2.53. The number of aromatic hydroxyl groups is 1. The Morgan fingerprint density at radius 1 is 1.04 bits per heavy atom. The summed E-state index contributed by atoms with van der Waals surface area (Å²) in [5, 5.41) is 13.5. The Morgan fingerprint density at radius 2 is 1.80 bits per heavy atom. The summed E-state index contributed by atoms with van der Waals surface area (Å²) in [6.45, 7) is 0. The first kappa shape index (κ1) is 16.7. The molecule has 0 atom stereocenters. The van der Waals surface area contributed by atoms with Gasteiger partial charge in [-0.25, -0.2) is 0 Å². The van der Waals surface area contributed by atoms with E-state index in [4.69, 9.17) is 10.3 Å². The van der Waals surface area contributed by atoms with E-state index in [2.05, 4.69) is 5.32 Å². The highest BCUT2D eigenvalue weighted by Crippen LogP contribution is 2.31. The normalized spacial score (nSPS) is 11.4. The maximum Gasteiger partial charge on any atom is 0.294 e. The van der Waals surface area contributed by atoms with Crippen molar-refractivity contribution in [3.63, 3.8) is 0 Å². The second kappa shape index (κ2) is 6.08. The highest BCUT2D eigenvalue weighted by molar-refractivity contribution is 7.85. The van der Waals surface area contributed by atoms with Gasteiger partial charge in [0.15, 0.2) is 0 Å². The smallest absolute Gasteiger partial charge is 0.294 e. The van der Waals surface area contributed by atoms with Gasteiger partial charge in [-0.15, -0.1) is 0 Å². The van der Waals surface area contributed by atoms with Gasteiger partial charge in [-0.3, -0.25) is 9.35 Å². The minimum Gasteiger partial charge on any atom is -0.507 e. The Kier molecular flexibility index (Phi) is 4.07. The van der Waals surface area contributed by atoms with Crippen molar-refractivity contribution >= 4 is 38.2 Å². The number of amides is 1. The molecule has 0 saturated carbocycles. The maximum atomic E-state index is 12.2. The van der Waals surface area contributed by atoms with Crippen LogP contribution in [0.2, 0.25) is 0 Å². The quantitative estimate of drug-likeness (QED) is 0.421. The zero-order chi connectivity index (χ0) is 18.2. The van der Waals surface area contributed by atoms with Crippen molar-refractivity contribution in [1.29, 1.82) is 0 Å². The van der Waals surface area contributed by atoms with Crippen molar-refractivity contribution in [2.75, 3.05) is 11.1 Å². The molecule has 3 aromatic carbocycles. The van der Waals surface area contributed by atoms with Crippen LogP contribution in [0.5, 0.6) is 5.75 Å². The lowest BCUT2D eigenvalue weighted by Gasteiger charge is -2.09. The monoisotopic (exact) mass is 358 g/mol. The van der Waals surface area contributed by atoms with Gasteiger partial charge in [0.1, 0.15) is 5.75 Å². The molecule has 0 aliphatic rings. The van der Waals surface area contributed by atoms with Gasteiger partial charge in [0.25, 0.3) is 16.0 Å². The molecular weight excluding hydrogens is 344 g/mol. The average molecular weight is 358 g/mol. The standard InChI is InChI=1S/C17H14N2O5S/c18-12-3-1-2-11(6-12)17(21)19-13-7-10-4-5-14(25(22,23)24)9-15(10)16(20)8-13/h1-9,20H,18H2,(H,19,21)(H,22,23,24). The van der Waals surface area contributed by atoms with E-state index in [0.29, 0.717) is 22.3 Å². The molecule has 0 aliphatic carbocycles. The number of carbonyl (C=O) groups is 1. The van der Waals surface area contributed by atoms with Crippen molar-refractivity contribution in [2.24, 2.45) is 0 Å². The van der Waals surface area contributed by atoms with Gasteiger partial charge in [0.05, 0.1) is 4.90 Å². The summed E-state index contributed by atoms with van der Waals surface area (Å²) in [5.41, 5.74) is 6.79. The lowest BCUT2D eigenvalue weighted by molar-refractivity contribution is 0.102. The number of nitrogens with one attached hydrogen (secondary N) is 1. The van der Waals surface area contributed by atoms with E-state index in [9.17, 15) is 18.3 Å². The third kappa shape index (κ3) is 3.54. The van der Waals surface area contributed by atoms with E-state index in [1.54, 1.807) is 24.3 Å². The second-order valence-electron chi connectivity index (χ2n) is 5.43. The molecule has 0 heterocycles. The van der Waals surface area contributed by atoms with Crippen molar-refractivity contribution < 1.29 is 22.9 Å². The number of carbonyl (C=O) groups excluding carboxylic acids is 1. The largest absolute Gasteiger partial charge is 0.507 e. The fraction of sp³-hybridized carbons (Fsp3) is 0. The topological polar surface area (TPSA) is 130 Å². The van der Waals surface area contributed by atoms with Crippen molar-refractivity contribution in [2.45, 2.75) is 4.90 Å². The molecule has 3 rings (SSSR count). The SMILES string of the molecule is Nc1cccc(C(=O)Nc2cc(O)c3cc(S(=O)(=O)O)ccc3c2)c1. The molecule has 7 nitrogen and oxygen atoms in total.